The molecule has 6 heteroatoms. The zero-order valence-electron chi connectivity index (χ0n) is 21.4. The SMILES string of the molecule is C=CC(/C=C\C(=C)N(CCc1ccccn1)CNC(=C)/C(=C/C(=C)C)N(C)CC)=C/N=C.CN. The highest BCUT2D eigenvalue weighted by molar-refractivity contribution is 5.36. The van der Waals surface area contributed by atoms with E-state index in [1.165, 1.54) is 7.05 Å². The lowest BCUT2D eigenvalue weighted by molar-refractivity contribution is 0.337. The first-order valence-electron chi connectivity index (χ1n) is 11.2. The minimum Gasteiger partial charge on any atom is -0.373 e. The van der Waals surface area contributed by atoms with Crippen LogP contribution >= 0.6 is 0 Å². The Morgan fingerprint density at radius 3 is 2.44 bits per heavy atom. The maximum Gasteiger partial charge on any atom is 0.0876 e. The van der Waals surface area contributed by atoms with Gasteiger partial charge in [-0.2, -0.15) is 0 Å². The standard InChI is InChI=1S/C27H37N5.CH5N/c1-9-25(20-28-7)15-14-23(5)32(18-16-26-13-11-12-17-29-26)21-30-24(6)27(19-22(3)4)31(8)10-2;1-2/h9,11-15,17,19-20,30H,1,3,5-7,10,16,18,21H2,2,4,8H3;2H2,1H3/b15-14-,25-20-,27-19-;. The molecule has 0 amide bonds. The number of rotatable bonds is 15. The smallest absolute Gasteiger partial charge is 0.0876 e. The molecule has 1 rings (SSSR count). The van der Waals surface area contributed by atoms with Crippen LogP contribution in [0.25, 0.3) is 0 Å². The molecule has 0 radical (unpaired) electrons. The molecule has 0 aliphatic rings. The molecule has 1 heterocycles. The molecule has 6 nitrogen and oxygen atoms in total. The van der Waals surface area contributed by atoms with Gasteiger partial charge in [0.25, 0.3) is 0 Å². The molecule has 0 aliphatic heterocycles. The van der Waals surface area contributed by atoms with E-state index in [1.54, 1.807) is 12.3 Å². The van der Waals surface area contributed by atoms with Crippen LogP contribution in [0, 0.1) is 0 Å². The summed E-state index contributed by atoms with van der Waals surface area (Å²) in [5.41, 5.74) is 10.1. The van der Waals surface area contributed by atoms with E-state index in [2.05, 4.69) is 70.8 Å². The monoisotopic (exact) mass is 462 g/mol. The van der Waals surface area contributed by atoms with Crippen LogP contribution in [0.15, 0.2) is 114 Å². The van der Waals surface area contributed by atoms with Gasteiger partial charge in [0.2, 0.25) is 0 Å². The molecule has 0 atom stereocenters. The number of hydrogen-bond donors (Lipinski definition) is 2. The van der Waals surface area contributed by atoms with Gasteiger partial charge >= 0.3 is 0 Å². The van der Waals surface area contributed by atoms with Crippen molar-refractivity contribution in [2.24, 2.45) is 10.7 Å². The molecule has 0 unspecified atom stereocenters. The molecular weight excluding hydrogens is 420 g/mol. The van der Waals surface area contributed by atoms with Crippen LogP contribution in [0.4, 0.5) is 0 Å². The molecule has 0 aliphatic carbocycles. The van der Waals surface area contributed by atoms with Crippen molar-refractivity contribution in [3.05, 3.63) is 115 Å². The van der Waals surface area contributed by atoms with Crippen molar-refractivity contribution in [2.45, 2.75) is 20.3 Å². The van der Waals surface area contributed by atoms with E-state index in [9.17, 15) is 0 Å². The van der Waals surface area contributed by atoms with E-state index in [1.807, 2.05) is 56.6 Å². The number of likely N-dealkylation sites (N-methyl/N-ethyl adjacent to an activating group) is 1. The largest absolute Gasteiger partial charge is 0.373 e. The summed E-state index contributed by atoms with van der Waals surface area (Å²) in [6, 6.07) is 5.95. The number of nitrogens with one attached hydrogen (secondary N) is 1. The third kappa shape index (κ3) is 11.8. The lowest BCUT2D eigenvalue weighted by atomic mass is 10.2. The summed E-state index contributed by atoms with van der Waals surface area (Å²) in [5.74, 6) is 0. The van der Waals surface area contributed by atoms with E-state index < -0.39 is 0 Å². The van der Waals surface area contributed by atoms with Crippen LogP contribution < -0.4 is 11.1 Å². The first kappa shape index (κ1) is 30.4. The number of pyridine rings is 1. The molecule has 1 aromatic heterocycles. The molecule has 0 saturated heterocycles. The van der Waals surface area contributed by atoms with Crippen molar-refractivity contribution >= 4 is 6.72 Å². The molecule has 0 aromatic carbocycles. The molecule has 0 saturated carbocycles. The summed E-state index contributed by atoms with van der Waals surface area (Å²) < 4.78 is 0. The summed E-state index contributed by atoms with van der Waals surface area (Å²) in [7, 11) is 3.54. The fraction of sp³-hybridized carbons (Fsp3) is 0.286. The maximum atomic E-state index is 4.50. The van der Waals surface area contributed by atoms with Crippen molar-refractivity contribution in [2.75, 3.05) is 33.9 Å². The fourth-order valence-electron chi connectivity index (χ4n) is 2.80. The molecule has 0 fully saturated rings. The van der Waals surface area contributed by atoms with Gasteiger partial charge in [-0.25, -0.2) is 0 Å². The highest BCUT2D eigenvalue weighted by Gasteiger charge is 2.11. The summed E-state index contributed by atoms with van der Waals surface area (Å²) in [4.78, 5) is 12.5. The summed E-state index contributed by atoms with van der Waals surface area (Å²) in [6.45, 7) is 26.1. The first-order chi connectivity index (χ1) is 16.3. The second-order valence-corrected chi connectivity index (χ2v) is 7.38. The number of nitrogens with zero attached hydrogens (tertiary/aromatic N) is 4. The van der Waals surface area contributed by atoms with Gasteiger partial charge in [-0.15, -0.1) is 0 Å². The van der Waals surface area contributed by atoms with Crippen molar-refractivity contribution < 1.29 is 0 Å². The van der Waals surface area contributed by atoms with E-state index >= 15 is 0 Å². The van der Waals surface area contributed by atoms with Gasteiger partial charge in [-0.1, -0.05) is 50.1 Å². The molecule has 3 N–H and O–H groups in total. The van der Waals surface area contributed by atoms with Crippen LogP contribution in [0.1, 0.15) is 19.5 Å². The molecule has 184 valence electrons. The topological polar surface area (TPSA) is 69.8 Å². The third-order valence-corrected chi connectivity index (χ3v) is 4.78. The quantitative estimate of drug-likeness (QED) is 0.222. The molecule has 0 spiro atoms. The Morgan fingerprint density at radius 2 is 1.91 bits per heavy atom. The first-order valence-corrected chi connectivity index (χ1v) is 11.2. The maximum absolute atomic E-state index is 4.50. The third-order valence-electron chi connectivity index (χ3n) is 4.78. The Morgan fingerprint density at radius 1 is 1.21 bits per heavy atom. The number of aliphatic imine (C=N–C) groups is 1. The Hall–Kier alpha value is -3.64. The zero-order chi connectivity index (χ0) is 25.9. The van der Waals surface area contributed by atoms with E-state index in [0.29, 0.717) is 6.67 Å². The molecule has 0 bridgehead atoms. The van der Waals surface area contributed by atoms with Gasteiger partial charge in [0, 0.05) is 50.3 Å². The van der Waals surface area contributed by atoms with Crippen LogP contribution in [0.5, 0.6) is 0 Å². The second kappa shape index (κ2) is 17.9. The number of hydrogen-bond acceptors (Lipinski definition) is 6. The van der Waals surface area contributed by atoms with Gasteiger partial charge in [0.15, 0.2) is 0 Å². The fourth-order valence-corrected chi connectivity index (χ4v) is 2.80. The van der Waals surface area contributed by atoms with Crippen molar-refractivity contribution in [3.8, 4) is 0 Å². The number of allylic oxidation sites excluding steroid dienone is 6. The molecule has 1 aromatic rings. The van der Waals surface area contributed by atoms with Crippen molar-refractivity contribution in [3.63, 3.8) is 0 Å². The van der Waals surface area contributed by atoms with Gasteiger partial charge in [0.1, 0.15) is 0 Å². The average molecular weight is 463 g/mol. The Bertz CT molecular complexity index is 893. The summed E-state index contributed by atoms with van der Waals surface area (Å²) in [5, 5.41) is 3.45. The number of nitrogens with two attached hydrogens (primary N) is 1. The van der Waals surface area contributed by atoms with E-state index in [4.69, 9.17) is 0 Å². The average Bonchev–Trinajstić information content (AvgIpc) is 2.85. The summed E-state index contributed by atoms with van der Waals surface area (Å²) in [6.07, 6.45) is 11.9. The predicted molar refractivity (Wildman–Crippen MR) is 149 cm³/mol. The number of aromatic nitrogens is 1. The van der Waals surface area contributed by atoms with E-state index in [0.717, 1.165) is 53.4 Å². The second-order valence-electron chi connectivity index (χ2n) is 7.38. The predicted octanol–water partition coefficient (Wildman–Crippen LogP) is 4.81. The van der Waals surface area contributed by atoms with Gasteiger partial charge in [-0.05, 0) is 57.5 Å². The highest BCUT2D eigenvalue weighted by atomic mass is 15.2. The van der Waals surface area contributed by atoms with Gasteiger partial charge < -0.3 is 20.9 Å². The lowest BCUT2D eigenvalue weighted by Crippen LogP contribution is -2.36. The molecule has 34 heavy (non-hydrogen) atoms. The van der Waals surface area contributed by atoms with Gasteiger partial charge in [0.05, 0.1) is 18.1 Å². The normalized spacial score (nSPS) is 11.2. The van der Waals surface area contributed by atoms with Crippen LogP contribution in [0.3, 0.4) is 0 Å². The lowest BCUT2D eigenvalue weighted by Gasteiger charge is -2.29. The van der Waals surface area contributed by atoms with E-state index in [-0.39, 0.29) is 0 Å². The summed E-state index contributed by atoms with van der Waals surface area (Å²) >= 11 is 0. The Labute approximate surface area is 207 Å². The van der Waals surface area contributed by atoms with Crippen LogP contribution in [-0.4, -0.2) is 55.4 Å². The van der Waals surface area contributed by atoms with Crippen LogP contribution in [-0.2, 0) is 6.42 Å². The molecular formula is C28H42N6. The Balaban J connectivity index is 0.00000529. The Kier molecular flexibility index (Phi) is 15.9. The van der Waals surface area contributed by atoms with Crippen LogP contribution in [0.2, 0.25) is 0 Å². The minimum absolute atomic E-state index is 0.548. The highest BCUT2D eigenvalue weighted by Crippen LogP contribution is 2.14. The van der Waals surface area contributed by atoms with Crippen molar-refractivity contribution in [1.29, 1.82) is 0 Å². The zero-order valence-corrected chi connectivity index (χ0v) is 21.4. The van der Waals surface area contributed by atoms with Crippen molar-refractivity contribution in [1.82, 2.24) is 20.1 Å². The van der Waals surface area contributed by atoms with Gasteiger partial charge in [-0.3, -0.25) is 9.98 Å². The minimum atomic E-state index is 0.548.